The van der Waals surface area contributed by atoms with Gasteiger partial charge in [-0.3, -0.25) is 5.14 Å². The SMILES string of the molecule is C=CCC(C)C(CC(C)C)SN. The third-order valence-corrected chi connectivity index (χ3v) is 3.06. The molecule has 0 aliphatic carbocycles. The van der Waals surface area contributed by atoms with Gasteiger partial charge in [0.15, 0.2) is 0 Å². The van der Waals surface area contributed by atoms with Crippen molar-refractivity contribution in [1.82, 2.24) is 0 Å². The molecule has 0 aliphatic heterocycles. The Morgan fingerprint density at radius 2 is 2.00 bits per heavy atom. The minimum atomic E-state index is 0.586. The lowest BCUT2D eigenvalue weighted by Gasteiger charge is -2.22. The van der Waals surface area contributed by atoms with E-state index in [0.717, 1.165) is 12.3 Å². The molecule has 0 spiro atoms. The first-order valence-corrected chi connectivity index (χ1v) is 5.52. The van der Waals surface area contributed by atoms with Crippen LogP contribution in [0.5, 0.6) is 0 Å². The zero-order valence-electron chi connectivity index (χ0n) is 8.42. The first-order chi connectivity index (χ1) is 5.61. The van der Waals surface area contributed by atoms with Gasteiger partial charge in [-0.05, 0) is 24.7 Å². The van der Waals surface area contributed by atoms with Crippen LogP contribution in [0.4, 0.5) is 0 Å². The predicted molar refractivity (Wildman–Crippen MR) is 59.0 cm³/mol. The quantitative estimate of drug-likeness (QED) is 0.510. The summed E-state index contributed by atoms with van der Waals surface area (Å²) in [7, 11) is 0. The second-order valence-corrected chi connectivity index (χ2v) is 4.68. The molecule has 2 unspecified atom stereocenters. The van der Waals surface area contributed by atoms with E-state index in [1.165, 1.54) is 18.4 Å². The molecule has 0 heterocycles. The van der Waals surface area contributed by atoms with Crippen LogP contribution in [0.2, 0.25) is 0 Å². The van der Waals surface area contributed by atoms with Crippen molar-refractivity contribution in [1.29, 1.82) is 0 Å². The third-order valence-electron chi connectivity index (χ3n) is 2.05. The highest BCUT2D eigenvalue weighted by Gasteiger charge is 2.16. The molecule has 0 rings (SSSR count). The van der Waals surface area contributed by atoms with Crippen LogP contribution in [0.25, 0.3) is 0 Å². The van der Waals surface area contributed by atoms with E-state index in [-0.39, 0.29) is 0 Å². The molecule has 0 aromatic rings. The summed E-state index contributed by atoms with van der Waals surface area (Å²) in [5.74, 6) is 1.39. The fourth-order valence-electron chi connectivity index (χ4n) is 1.30. The molecule has 2 heteroatoms. The second kappa shape index (κ2) is 6.55. The maximum absolute atomic E-state index is 5.63. The fraction of sp³-hybridized carbons (Fsp3) is 0.800. The lowest BCUT2D eigenvalue weighted by atomic mass is 9.96. The van der Waals surface area contributed by atoms with Gasteiger partial charge in [0.25, 0.3) is 0 Å². The molecular weight excluding hydrogens is 166 g/mol. The number of allylic oxidation sites excluding steroid dienone is 1. The zero-order chi connectivity index (χ0) is 9.56. The Kier molecular flexibility index (Phi) is 6.58. The molecule has 0 radical (unpaired) electrons. The number of hydrogen-bond acceptors (Lipinski definition) is 2. The standard InChI is InChI=1S/C10H21NS/c1-5-6-9(4)10(12-11)7-8(2)3/h5,8-10H,1,6-7,11H2,2-4H3. The highest BCUT2D eigenvalue weighted by atomic mass is 32.2. The second-order valence-electron chi connectivity index (χ2n) is 3.81. The largest absolute Gasteiger partial charge is 0.278 e. The first-order valence-electron chi connectivity index (χ1n) is 4.58. The third kappa shape index (κ3) is 4.83. The highest BCUT2D eigenvalue weighted by Crippen LogP contribution is 2.24. The van der Waals surface area contributed by atoms with Crippen LogP contribution in [0.1, 0.15) is 33.6 Å². The van der Waals surface area contributed by atoms with Crippen molar-refractivity contribution in [2.75, 3.05) is 0 Å². The Labute approximate surface area is 80.9 Å². The lowest BCUT2D eigenvalue weighted by Crippen LogP contribution is -2.18. The molecular formula is C10H21NS. The average molecular weight is 187 g/mol. The average Bonchev–Trinajstić information content (AvgIpc) is 2.00. The molecule has 2 atom stereocenters. The highest BCUT2D eigenvalue weighted by molar-refractivity contribution is 7.97. The molecule has 0 saturated heterocycles. The van der Waals surface area contributed by atoms with E-state index in [2.05, 4.69) is 27.4 Å². The maximum atomic E-state index is 5.63. The fourth-order valence-corrected chi connectivity index (χ4v) is 2.18. The molecule has 0 aliphatic rings. The molecule has 72 valence electrons. The van der Waals surface area contributed by atoms with Crippen LogP contribution >= 0.6 is 11.9 Å². The first kappa shape index (κ1) is 12.0. The number of rotatable bonds is 6. The van der Waals surface area contributed by atoms with E-state index in [9.17, 15) is 0 Å². The monoisotopic (exact) mass is 187 g/mol. The van der Waals surface area contributed by atoms with Gasteiger partial charge in [0.2, 0.25) is 0 Å². The van der Waals surface area contributed by atoms with Gasteiger partial charge >= 0.3 is 0 Å². The number of nitrogens with two attached hydrogens (primary N) is 1. The molecule has 0 bridgehead atoms. The van der Waals surface area contributed by atoms with Gasteiger partial charge in [-0.2, -0.15) is 0 Å². The summed E-state index contributed by atoms with van der Waals surface area (Å²) in [6.07, 6.45) is 4.26. The molecule has 0 aromatic carbocycles. The smallest absolute Gasteiger partial charge is 0.0221 e. The van der Waals surface area contributed by atoms with Gasteiger partial charge in [0, 0.05) is 5.25 Å². The van der Waals surface area contributed by atoms with E-state index in [0.29, 0.717) is 11.2 Å². The van der Waals surface area contributed by atoms with Crippen molar-refractivity contribution in [3.8, 4) is 0 Å². The number of hydrogen-bond donors (Lipinski definition) is 1. The molecule has 0 fully saturated rings. The van der Waals surface area contributed by atoms with Crippen molar-refractivity contribution >= 4 is 11.9 Å². The van der Waals surface area contributed by atoms with Gasteiger partial charge in [-0.15, -0.1) is 6.58 Å². The lowest BCUT2D eigenvalue weighted by molar-refractivity contribution is 0.468. The van der Waals surface area contributed by atoms with Crippen molar-refractivity contribution < 1.29 is 0 Å². The van der Waals surface area contributed by atoms with E-state index >= 15 is 0 Å². The van der Waals surface area contributed by atoms with Crippen LogP contribution in [-0.4, -0.2) is 5.25 Å². The maximum Gasteiger partial charge on any atom is 0.0221 e. The van der Waals surface area contributed by atoms with Crippen molar-refractivity contribution in [3.63, 3.8) is 0 Å². The summed E-state index contributed by atoms with van der Waals surface area (Å²) in [6, 6.07) is 0. The van der Waals surface area contributed by atoms with E-state index in [1.807, 2.05) is 6.08 Å². The van der Waals surface area contributed by atoms with Crippen LogP contribution in [-0.2, 0) is 0 Å². The minimum absolute atomic E-state index is 0.586. The summed E-state index contributed by atoms with van der Waals surface area (Å²) in [5.41, 5.74) is 0. The van der Waals surface area contributed by atoms with E-state index in [1.54, 1.807) is 0 Å². The summed E-state index contributed by atoms with van der Waals surface area (Å²) in [5, 5.41) is 6.22. The van der Waals surface area contributed by atoms with Crippen LogP contribution in [0.15, 0.2) is 12.7 Å². The van der Waals surface area contributed by atoms with Gasteiger partial charge in [0.05, 0.1) is 0 Å². The Hall–Kier alpha value is 0.0500. The van der Waals surface area contributed by atoms with Crippen molar-refractivity contribution in [2.45, 2.75) is 38.9 Å². The van der Waals surface area contributed by atoms with Gasteiger partial charge in [0.1, 0.15) is 0 Å². The minimum Gasteiger partial charge on any atom is -0.278 e. The van der Waals surface area contributed by atoms with Crippen LogP contribution in [0.3, 0.4) is 0 Å². The van der Waals surface area contributed by atoms with Gasteiger partial charge < -0.3 is 0 Å². The Morgan fingerprint density at radius 1 is 1.42 bits per heavy atom. The Balaban J connectivity index is 3.86. The summed E-state index contributed by atoms with van der Waals surface area (Å²) in [4.78, 5) is 0. The summed E-state index contributed by atoms with van der Waals surface area (Å²) >= 11 is 1.50. The Morgan fingerprint density at radius 3 is 2.33 bits per heavy atom. The van der Waals surface area contributed by atoms with Crippen LogP contribution in [0, 0.1) is 11.8 Å². The molecule has 1 nitrogen and oxygen atoms in total. The Bertz CT molecular complexity index is 123. The normalized spacial score (nSPS) is 16.1. The molecule has 0 aromatic heterocycles. The predicted octanol–water partition coefficient (Wildman–Crippen LogP) is 3.22. The molecule has 0 amide bonds. The van der Waals surface area contributed by atoms with Crippen molar-refractivity contribution in [3.05, 3.63) is 12.7 Å². The van der Waals surface area contributed by atoms with Crippen LogP contribution < -0.4 is 5.14 Å². The van der Waals surface area contributed by atoms with Gasteiger partial charge in [-0.25, -0.2) is 0 Å². The van der Waals surface area contributed by atoms with E-state index < -0.39 is 0 Å². The van der Waals surface area contributed by atoms with Gasteiger partial charge in [-0.1, -0.05) is 38.8 Å². The zero-order valence-corrected chi connectivity index (χ0v) is 9.23. The van der Waals surface area contributed by atoms with Crippen molar-refractivity contribution in [2.24, 2.45) is 17.0 Å². The summed E-state index contributed by atoms with van der Waals surface area (Å²) in [6.45, 7) is 10.5. The topological polar surface area (TPSA) is 26.0 Å². The molecule has 2 N–H and O–H groups in total. The summed E-state index contributed by atoms with van der Waals surface area (Å²) < 4.78 is 0. The molecule has 12 heavy (non-hydrogen) atoms. The molecule has 0 saturated carbocycles. The van der Waals surface area contributed by atoms with E-state index in [4.69, 9.17) is 5.14 Å².